The maximum atomic E-state index is 10.2. The number of alkyl halides is 1. The van der Waals surface area contributed by atoms with Gasteiger partial charge in [0, 0.05) is 16.1 Å². The minimum Gasteiger partial charge on any atom is -0.504 e. The smallest absolute Gasteiger partial charge is 0.161 e. The van der Waals surface area contributed by atoms with Gasteiger partial charge in [-0.3, -0.25) is 0 Å². The summed E-state index contributed by atoms with van der Waals surface area (Å²) in [6.07, 6.45) is 6.87. The van der Waals surface area contributed by atoms with E-state index in [1.165, 1.54) is 17.7 Å². The van der Waals surface area contributed by atoms with E-state index in [0.29, 0.717) is 17.6 Å². The highest BCUT2D eigenvalue weighted by atomic mass is 127. The van der Waals surface area contributed by atoms with Crippen molar-refractivity contribution in [2.24, 2.45) is 5.92 Å². The summed E-state index contributed by atoms with van der Waals surface area (Å²) in [5, 5.41) is 13.9. The lowest BCUT2D eigenvalue weighted by molar-refractivity contribution is 0.370. The number of anilines is 1. The average molecular weight is 558 g/mol. The van der Waals surface area contributed by atoms with Gasteiger partial charge in [0.1, 0.15) is 0 Å². The molecule has 0 spiro atoms. The first-order valence-electron chi connectivity index (χ1n) is 9.57. The predicted molar refractivity (Wildman–Crippen MR) is 131 cm³/mol. The Bertz CT molecular complexity index is 809. The second-order valence-electron chi connectivity index (χ2n) is 6.82. The fourth-order valence-corrected chi connectivity index (χ4v) is 4.38. The molecule has 2 N–H and O–H groups in total. The molecule has 28 heavy (non-hydrogen) atoms. The summed E-state index contributed by atoms with van der Waals surface area (Å²) < 4.78 is 6.15. The lowest BCUT2D eigenvalue weighted by Crippen LogP contribution is -2.29. The van der Waals surface area contributed by atoms with E-state index in [0.717, 1.165) is 16.5 Å². The minimum atomic E-state index is 0.149. The zero-order valence-electron chi connectivity index (χ0n) is 16.9. The van der Waals surface area contributed by atoms with E-state index < -0.39 is 0 Å². The van der Waals surface area contributed by atoms with Crippen molar-refractivity contribution in [1.82, 2.24) is 0 Å². The molecule has 4 rings (SSSR count). The van der Waals surface area contributed by atoms with Crippen LogP contribution in [-0.2, 0) is 0 Å². The Morgan fingerprint density at radius 1 is 1.18 bits per heavy atom. The van der Waals surface area contributed by atoms with Crippen LogP contribution >= 0.6 is 38.5 Å². The standard InChI is InChI=1S/C19H18BrNO2.C3H8.CH3I/c1-23-18-10-15(20)14(9-17(18)22)19-13-7-4-6-11(13)12-5-2-3-8-16(12)21-19;1-3-2;1-2/h2-6,8-11,13,19,21-22H,7H2,1H3;3H2,1-2H3;1H3. The molecule has 3 nitrogen and oxygen atoms in total. The second-order valence-corrected chi connectivity index (χ2v) is 7.67. The summed E-state index contributed by atoms with van der Waals surface area (Å²) in [5.74, 6) is 1.54. The molecule has 0 saturated carbocycles. The molecule has 1 aliphatic heterocycles. The molecule has 0 aromatic heterocycles. The summed E-state index contributed by atoms with van der Waals surface area (Å²) in [7, 11) is 1.56. The molecule has 1 aliphatic carbocycles. The van der Waals surface area contributed by atoms with Gasteiger partial charge in [0.25, 0.3) is 0 Å². The highest BCUT2D eigenvalue weighted by Gasteiger charge is 2.38. The molecule has 5 heteroatoms. The number of allylic oxidation sites excluding steroid dienone is 2. The van der Waals surface area contributed by atoms with Crippen molar-refractivity contribution in [2.45, 2.75) is 38.6 Å². The maximum absolute atomic E-state index is 10.2. The van der Waals surface area contributed by atoms with Crippen LogP contribution in [0.25, 0.3) is 0 Å². The first-order valence-corrected chi connectivity index (χ1v) is 12.5. The molecule has 1 heterocycles. The van der Waals surface area contributed by atoms with Crippen LogP contribution in [0.3, 0.4) is 0 Å². The van der Waals surface area contributed by atoms with Crippen molar-refractivity contribution in [3.05, 3.63) is 64.1 Å². The number of ether oxygens (including phenoxy) is 1. The van der Waals surface area contributed by atoms with E-state index in [-0.39, 0.29) is 11.8 Å². The molecule has 2 aromatic carbocycles. The van der Waals surface area contributed by atoms with Crippen LogP contribution in [0.1, 0.15) is 49.8 Å². The first-order chi connectivity index (χ1) is 13.6. The van der Waals surface area contributed by atoms with Crippen molar-refractivity contribution < 1.29 is 9.84 Å². The number of halogens is 2. The quantitative estimate of drug-likeness (QED) is 0.229. The molecule has 0 saturated heterocycles. The Balaban J connectivity index is 0.000000514. The maximum Gasteiger partial charge on any atom is 0.161 e. The molecule has 0 fully saturated rings. The van der Waals surface area contributed by atoms with Gasteiger partial charge in [-0.05, 0) is 46.6 Å². The SMILES string of the molecule is CCC.CI.COc1cc(Br)c(C2Nc3ccccc3C3C=CCC32)cc1O. The molecule has 2 aromatic rings. The monoisotopic (exact) mass is 557 g/mol. The van der Waals surface area contributed by atoms with Gasteiger partial charge in [-0.1, -0.05) is 89.1 Å². The predicted octanol–water partition coefficient (Wildman–Crippen LogP) is 7.46. The van der Waals surface area contributed by atoms with E-state index in [2.05, 4.69) is 94.1 Å². The number of hydrogen-bond acceptors (Lipinski definition) is 3. The molecule has 3 atom stereocenters. The molecular formula is C23H29BrINO2. The van der Waals surface area contributed by atoms with Gasteiger partial charge in [0.05, 0.1) is 13.2 Å². The summed E-state index contributed by atoms with van der Waals surface area (Å²) in [6, 6.07) is 12.3. The molecule has 3 unspecified atom stereocenters. The zero-order chi connectivity index (χ0) is 20.7. The number of benzene rings is 2. The van der Waals surface area contributed by atoms with Gasteiger partial charge in [-0.2, -0.15) is 0 Å². The fraction of sp³-hybridized carbons (Fsp3) is 0.391. The summed E-state index contributed by atoms with van der Waals surface area (Å²) in [4.78, 5) is 1.97. The Morgan fingerprint density at radius 2 is 1.86 bits per heavy atom. The third kappa shape index (κ3) is 4.85. The lowest BCUT2D eigenvalue weighted by Gasteiger charge is -2.38. The van der Waals surface area contributed by atoms with E-state index in [9.17, 15) is 5.11 Å². The second kappa shape index (κ2) is 11.1. The average Bonchev–Trinajstić information content (AvgIpc) is 3.21. The number of aromatic hydroxyl groups is 1. The zero-order valence-corrected chi connectivity index (χ0v) is 20.6. The largest absolute Gasteiger partial charge is 0.504 e. The number of phenols is 1. The third-order valence-corrected chi connectivity index (χ3v) is 5.59. The molecule has 2 aliphatic rings. The van der Waals surface area contributed by atoms with Crippen LogP contribution in [0.15, 0.2) is 53.0 Å². The van der Waals surface area contributed by atoms with Crippen molar-refractivity contribution in [1.29, 1.82) is 0 Å². The molecule has 0 bridgehead atoms. The van der Waals surface area contributed by atoms with E-state index in [4.69, 9.17) is 4.74 Å². The molecule has 152 valence electrons. The van der Waals surface area contributed by atoms with E-state index >= 15 is 0 Å². The topological polar surface area (TPSA) is 41.5 Å². The minimum absolute atomic E-state index is 0.149. The fourth-order valence-electron chi connectivity index (χ4n) is 3.81. The molecule has 0 amide bonds. The van der Waals surface area contributed by atoms with Crippen molar-refractivity contribution >= 4 is 44.2 Å². The Kier molecular flexibility index (Phi) is 9.15. The van der Waals surface area contributed by atoms with Crippen LogP contribution in [0.5, 0.6) is 11.5 Å². The Hall–Kier alpha value is -1.21. The normalized spacial score (nSPS) is 21.1. The summed E-state index contributed by atoms with van der Waals surface area (Å²) in [5.41, 5.74) is 3.60. The van der Waals surface area contributed by atoms with Gasteiger partial charge in [0.15, 0.2) is 11.5 Å². The van der Waals surface area contributed by atoms with Gasteiger partial charge >= 0.3 is 0 Å². The summed E-state index contributed by atoms with van der Waals surface area (Å²) in [6.45, 7) is 4.25. The van der Waals surface area contributed by atoms with Gasteiger partial charge in [0.2, 0.25) is 0 Å². The van der Waals surface area contributed by atoms with Crippen molar-refractivity contribution in [2.75, 3.05) is 17.4 Å². The summed E-state index contributed by atoms with van der Waals surface area (Å²) >= 11 is 5.79. The third-order valence-electron chi connectivity index (χ3n) is 4.91. The van der Waals surface area contributed by atoms with Gasteiger partial charge in [-0.15, -0.1) is 0 Å². The van der Waals surface area contributed by atoms with Crippen molar-refractivity contribution in [3.63, 3.8) is 0 Å². The number of methoxy groups -OCH3 is 1. The number of para-hydroxylation sites is 1. The highest BCUT2D eigenvalue weighted by molar-refractivity contribution is 14.1. The highest BCUT2D eigenvalue weighted by Crippen LogP contribution is 2.51. The van der Waals surface area contributed by atoms with Gasteiger partial charge < -0.3 is 15.2 Å². The van der Waals surface area contributed by atoms with Crippen molar-refractivity contribution in [3.8, 4) is 11.5 Å². The van der Waals surface area contributed by atoms with Gasteiger partial charge in [-0.25, -0.2) is 0 Å². The van der Waals surface area contributed by atoms with Crippen LogP contribution in [0.4, 0.5) is 5.69 Å². The van der Waals surface area contributed by atoms with E-state index in [1.807, 2.05) is 17.1 Å². The van der Waals surface area contributed by atoms with E-state index in [1.54, 1.807) is 7.11 Å². The van der Waals surface area contributed by atoms with Crippen LogP contribution in [0.2, 0.25) is 0 Å². The molecule has 0 radical (unpaired) electrons. The number of nitrogens with one attached hydrogen (secondary N) is 1. The van der Waals surface area contributed by atoms with Crippen LogP contribution in [0, 0.1) is 5.92 Å². The number of rotatable bonds is 2. The Morgan fingerprint density at radius 3 is 2.54 bits per heavy atom. The number of fused-ring (bicyclic) bond motifs is 3. The van der Waals surface area contributed by atoms with Crippen LogP contribution < -0.4 is 10.1 Å². The first kappa shape index (κ1) is 23.1. The molecular weight excluding hydrogens is 529 g/mol. The number of phenolic OH excluding ortho intramolecular Hbond substituents is 1. The van der Waals surface area contributed by atoms with Crippen LogP contribution in [-0.4, -0.2) is 17.1 Å². The lowest BCUT2D eigenvalue weighted by atomic mass is 9.77. The Labute approximate surface area is 190 Å². The number of hydrogen-bond donors (Lipinski definition) is 2.